The minimum Gasteiger partial charge on any atom is -0.496 e. The number of carbonyl (C=O) groups excluding carboxylic acids is 1. The number of nitrogens with zero attached hydrogens (tertiary/aromatic N) is 3. The minimum atomic E-state index is -0.760. The smallest absolute Gasteiger partial charge is 0.338 e. The van der Waals surface area contributed by atoms with Crippen LogP contribution in [0.3, 0.4) is 0 Å². The molecule has 1 unspecified atom stereocenters. The van der Waals surface area contributed by atoms with Gasteiger partial charge in [0.05, 0.1) is 49.3 Å². The molecule has 10 heteroatoms. The van der Waals surface area contributed by atoms with Crippen LogP contribution in [-0.4, -0.2) is 51.1 Å². The third-order valence-corrected chi connectivity index (χ3v) is 7.94. The second kappa shape index (κ2) is 13.1. The molecule has 1 aliphatic rings. The van der Waals surface area contributed by atoms with Crippen LogP contribution in [0, 0.1) is 0 Å². The first-order chi connectivity index (χ1) is 19.8. The van der Waals surface area contributed by atoms with Crippen molar-refractivity contribution in [2.75, 3.05) is 45.4 Å². The Labute approximate surface area is 244 Å². The molecule has 4 rings (SSSR count). The number of benzene rings is 2. The predicted molar refractivity (Wildman–Crippen MR) is 161 cm³/mol. The Balaban J connectivity index is 1.93. The molecule has 0 fully saturated rings. The fourth-order valence-corrected chi connectivity index (χ4v) is 6.02. The van der Waals surface area contributed by atoms with E-state index in [-0.39, 0.29) is 12.2 Å². The lowest BCUT2D eigenvalue weighted by molar-refractivity contribution is -0.139. The van der Waals surface area contributed by atoms with E-state index in [1.54, 1.807) is 44.8 Å². The van der Waals surface area contributed by atoms with Gasteiger partial charge in [0.1, 0.15) is 5.75 Å². The van der Waals surface area contributed by atoms with Crippen molar-refractivity contribution >= 4 is 29.1 Å². The third-order valence-electron chi connectivity index (χ3n) is 6.95. The number of methoxy groups -OCH3 is 2. The van der Waals surface area contributed by atoms with Gasteiger partial charge in [-0.1, -0.05) is 17.4 Å². The zero-order valence-electron chi connectivity index (χ0n) is 24.6. The van der Waals surface area contributed by atoms with Crippen LogP contribution in [0.15, 0.2) is 57.5 Å². The second-order valence-corrected chi connectivity index (χ2v) is 10.3. The Morgan fingerprint density at radius 3 is 2.37 bits per heavy atom. The van der Waals surface area contributed by atoms with Crippen LogP contribution in [0.25, 0.3) is 6.08 Å². The summed E-state index contributed by atoms with van der Waals surface area (Å²) in [7, 11) is 3.19. The molecular weight excluding hydrogens is 542 g/mol. The Morgan fingerprint density at radius 2 is 1.73 bits per heavy atom. The van der Waals surface area contributed by atoms with E-state index in [1.165, 1.54) is 11.3 Å². The Bertz CT molecular complexity index is 1630. The van der Waals surface area contributed by atoms with Crippen molar-refractivity contribution < 1.29 is 23.7 Å². The quantitative estimate of drug-likeness (QED) is 0.317. The van der Waals surface area contributed by atoms with Crippen molar-refractivity contribution in [2.45, 2.75) is 40.7 Å². The van der Waals surface area contributed by atoms with Crippen molar-refractivity contribution in [3.05, 3.63) is 78.5 Å². The molecule has 218 valence electrons. The summed E-state index contributed by atoms with van der Waals surface area (Å²) in [5.74, 6) is 1.22. The van der Waals surface area contributed by atoms with Crippen LogP contribution in [-0.2, 0) is 9.53 Å². The highest BCUT2D eigenvalue weighted by Gasteiger charge is 2.34. The van der Waals surface area contributed by atoms with Crippen LogP contribution in [0.1, 0.15) is 51.8 Å². The topological polar surface area (TPSA) is 91.6 Å². The van der Waals surface area contributed by atoms with Gasteiger partial charge in [-0.2, -0.15) is 0 Å². The van der Waals surface area contributed by atoms with Crippen molar-refractivity contribution in [3.63, 3.8) is 0 Å². The first-order valence-corrected chi connectivity index (χ1v) is 14.6. The monoisotopic (exact) mass is 579 g/mol. The van der Waals surface area contributed by atoms with Gasteiger partial charge in [-0.25, -0.2) is 9.79 Å². The number of anilines is 1. The summed E-state index contributed by atoms with van der Waals surface area (Å²) in [6.45, 7) is 12.0. The number of allylic oxidation sites excluding steroid dienone is 1. The zero-order valence-corrected chi connectivity index (χ0v) is 25.5. The molecule has 1 atom stereocenters. The van der Waals surface area contributed by atoms with Gasteiger partial charge in [0.15, 0.2) is 16.3 Å². The van der Waals surface area contributed by atoms with E-state index in [1.807, 2.05) is 37.3 Å². The molecule has 0 N–H and O–H groups in total. The molecular formula is C31H37N3O6S. The molecule has 0 amide bonds. The van der Waals surface area contributed by atoms with Gasteiger partial charge in [-0.3, -0.25) is 9.36 Å². The molecule has 1 aliphatic heterocycles. The van der Waals surface area contributed by atoms with Crippen molar-refractivity contribution in [1.82, 2.24) is 4.57 Å². The summed E-state index contributed by atoms with van der Waals surface area (Å²) in [5, 5.41) is 0. The van der Waals surface area contributed by atoms with Crippen LogP contribution in [0.5, 0.6) is 17.2 Å². The van der Waals surface area contributed by atoms with E-state index < -0.39 is 12.0 Å². The molecule has 0 spiro atoms. The van der Waals surface area contributed by atoms with E-state index in [2.05, 4.69) is 23.7 Å². The van der Waals surface area contributed by atoms with E-state index in [0.717, 1.165) is 24.3 Å². The van der Waals surface area contributed by atoms with Gasteiger partial charge in [-0.15, -0.1) is 0 Å². The molecule has 0 radical (unpaired) electrons. The third kappa shape index (κ3) is 5.88. The summed E-state index contributed by atoms with van der Waals surface area (Å²) in [6, 6.07) is 10.6. The number of aromatic nitrogens is 1. The van der Waals surface area contributed by atoms with Gasteiger partial charge in [-0.05, 0) is 70.5 Å². The molecule has 1 aromatic heterocycles. The predicted octanol–water partition coefficient (Wildman–Crippen LogP) is 4.06. The molecule has 0 saturated carbocycles. The average Bonchev–Trinajstić information content (AvgIpc) is 3.27. The van der Waals surface area contributed by atoms with Crippen molar-refractivity contribution in [3.8, 4) is 17.2 Å². The largest absolute Gasteiger partial charge is 0.496 e. The number of thiazole rings is 1. The number of rotatable bonds is 11. The normalized spacial score (nSPS) is 14.8. The molecule has 0 saturated heterocycles. The SMILES string of the molecule is CCOC(=O)C1=C(C)N=c2s/c(=C/c3ccc(N(CC)CC)cc3OC)c(=O)n2C1c1ccc(OC)c(OCC)c1. The van der Waals surface area contributed by atoms with Gasteiger partial charge in [0, 0.05) is 30.4 Å². The molecule has 41 heavy (non-hydrogen) atoms. The van der Waals surface area contributed by atoms with Crippen LogP contribution in [0.4, 0.5) is 5.69 Å². The van der Waals surface area contributed by atoms with Gasteiger partial charge >= 0.3 is 5.97 Å². The van der Waals surface area contributed by atoms with Crippen LogP contribution < -0.4 is 34.0 Å². The summed E-state index contributed by atoms with van der Waals surface area (Å²) in [4.78, 5) is 34.7. The van der Waals surface area contributed by atoms with Crippen LogP contribution in [0.2, 0.25) is 0 Å². The Hall–Kier alpha value is -4.05. The number of fused-ring (bicyclic) bond motifs is 1. The number of esters is 1. The zero-order chi connectivity index (χ0) is 29.7. The summed E-state index contributed by atoms with van der Waals surface area (Å²) in [5.41, 5.74) is 3.03. The molecule has 3 aromatic rings. The highest BCUT2D eigenvalue weighted by molar-refractivity contribution is 7.07. The first kappa shape index (κ1) is 29.9. The van der Waals surface area contributed by atoms with E-state index in [0.29, 0.717) is 50.0 Å². The lowest BCUT2D eigenvalue weighted by Crippen LogP contribution is -2.40. The van der Waals surface area contributed by atoms with Gasteiger partial charge in [0.2, 0.25) is 0 Å². The lowest BCUT2D eigenvalue weighted by atomic mass is 9.95. The molecule has 0 bridgehead atoms. The first-order valence-electron chi connectivity index (χ1n) is 13.7. The summed E-state index contributed by atoms with van der Waals surface area (Å²) < 4.78 is 24.4. The van der Waals surface area contributed by atoms with Crippen LogP contribution >= 0.6 is 11.3 Å². The van der Waals surface area contributed by atoms with Gasteiger partial charge in [0.25, 0.3) is 5.56 Å². The van der Waals surface area contributed by atoms with E-state index in [9.17, 15) is 9.59 Å². The van der Waals surface area contributed by atoms with E-state index >= 15 is 0 Å². The maximum atomic E-state index is 14.0. The molecule has 0 aliphatic carbocycles. The summed E-state index contributed by atoms with van der Waals surface area (Å²) >= 11 is 1.27. The standard InChI is InChI=1S/C31H37N3O6S/c1-8-33(9-2)22-14-12-20(24(18-22)38-7)17-26-29(35)34-28(21-13-15-23(37-6)25(16-21)39-10-3)27(30(36)40-11-4)19(5)32-31(34)41-26/h12-18,28H,8-11H2,1-7H3/b26-17+. The van der Waals surface area contributed by atoms with Crippen molar-refractivity contribution in [2.24, 2.45) is 4.99 Å². The maximum absolute atomic E-state index is 14.0. The number of hydrogen-bond donors (Lipinski definition) is 0. The lowest BCUT2D eigenvalue weighted by Gasteiger charge is -2.25. The Kier molecular flexibility index (Phi) is 9.54. The number of hydrogen-bond acceptors (Lipinski definition) is 9. The van der Waals surface area contributed by atoms with E-state index in [4.69, 9.17) is 18.9 Å². The second-order valence-electron chi connectivity index (χ2n) is 9.24. The van der Waals surface area contributed by atoms with Gasteiger partial charge < -0.3 is 23.8 Å². The molecule has 9 nitrogen and oxygen atoms in total. The molecule has 2 aromatic carbocycles. The Morgan fingerprint density at radius 1 is 1.00 bits per heavy atom. The number of ether oxygens (including phenoxy) is 4. The fraction of sp³-hybridized carbons (Fsp3) is 0.387. The highest BCUT2D eigenvalue weighted by Crippen LogP contribution is 2.36. The maximum Gasteiger partial charge on any atom is 0.338 e. The molecule has 2 heterocycles. The summed E-state index contributed by atoms with van der Waals surface area (Å²) in [6.07, 6.45) is 1.81. The van der Waals surface area contributed by atoms with Crippen molar-refractivity contribution in [1.29, 1.82) is 0 Å². The number of carbonyl (C=O) groups is 1. The average molecular weight is 580 g/mol. The fourth-order valence-electron chi connectivity index (χ4n) is 4.98. The highest BCUT2D eigenvalue weighted by atomic mass is 32.1. The minimum absolute atomic E-state index is 0.197.